The summed E-state index contributed by atoms with van der Waals surface area (Å²) < 4.78 is 17.7. The van der Waals surface area contributed by atoms with Crippen LogP contribution in [0.4, 0.5) is 0 Å². The third kappa shape index (κ3) is 51.5. The van der Waals surface area contributed by atoms with Crippen LogP contribution < -0.4 is 5.32 Å². The van der Waals surface area contributed by atoms with Gasteiger partial charge in [0, 0.05) is 6.42 Å². The SMILES string of the molecule is CC/C=C\C/C=C\C/C=C\C/C=C\C/C=C\C/C=C\CCCC(O)C(=O)NC(COC1OC(CO)C(O)C(O)C1OC(=O)CCCCCCCCCCCCCCCCCCC/C=C\C/C=C\CCCCC)C(O)/C=C/CCCCCCCCCCCCC. The summed E-state index contributed by atoms with van der Waals surface area (Å²) in [5.74, 6) is -1.24. The average Bonchev–Trinajstić information content (AvgIpc) is 3.14. The standard InChI is InChI=1S/C78H135NO10/c1-4-7-10-13-16-19-22-25-27-29-31-33-34-35-36-37-38-39-41-43-45-48-51-54-57-60-63-66-73(83)89-76-75(85)74(84)72(67-80)88-78(76)87-68-69(70(81)64-61-58-55-52-49-46-24-21-18-15-12-9-6-3)79-77(86)71(82)65-62-59-56-53-50-47-44-42-40-32-30-28-26-23-20-17-14-11-8-5-2/h8,11,16-17,19-20,25-28,32,40,44,47,53,56,61,64,69-72,74-76,78,80-82,84-85H,4-7,9-10,12-15,18,21-24,29-31,33-39,41-43,45-46,48-52,54-55,57-60,62-63,65-68H2,1-3H3,(H,79,86)/b11-8-,19-16-,20-17-,27-25-,28-26-,40-32-,47-44-,56-53-,64-61+. The first-order chi connectivity index (χ1) is 43.7. The molecule has 6 N–H and O–H groups in total. The van der Waals surface area contributed by atoms with Crippen molar-refractivity contribution in [3.63, 3.8) is 0 Å². The fraction of sp³-hybridized carbons (Fsp3) is 0.744. The molecule has 1 rings (SSSR count). The molecule has 512 valence electrons. The van der Waals surface area contributed by atoms with Crippen molar-refractivity contribution in [3.8, 4) is 0 Å². The third-order valence-electron chi connectivity index (χ3n) is 16.7. The first kappa shape index (κ1) is 83.3. The summed E-state index contributed by atoms with van der Waals surface area (Å²) in [4.78, 5) is 26.7. The highest BCUT2D eigenvalue weighted by molar-refractivity contribution is 5.80. The van der Waals surface area contributed by atoms with Crippen molar-refractivity contribution >= 4 is 11.9 Å². The summed E-state index contributed by atoms with van der Waals surface area (Å²) in [5.41, 5.74) is 0. The fourth-order valence-corrected chi connectivity index (χ4v) is 10.9. The molecule has 0 aromatic heterocycles. The second kappa shape index (κ2) is 64.4. The first-order valence-electron chi connectivity index (χ1n) is 36.7. The molecule has 11 nitrogen and oxygen atoms in total. The van der Waals surface area contributed by atoms with Crippen LogP contribution in [-0.4, -0.2) is 99.6 Å². The Kier molecular flexibility index (Phi) is 60.3. The maximum absolute atomic E-state index is 13.5. The highest BCUT2D eigenvalue weighted by Gasteiger charge is 2.47. The Balaban J connectivity index is 2.58. The molecule has 1 fully saturated rings. The maximum Gasteiger partial charge on any atom is 0.306 e. The number of aliphatic hydroxyl groups is 5. The lowest BCUT2D eigenvalue weighted by molar-refractivity contribution is -0.305. The van der Waals surface area contributed by atoms with Crippen LogP contribution in [0.25, 0.3) is 0 Å². The second-order valence-electron chi connectivity index (χ2n) is 24.9. The lowest BCUT2D eigenvalue weighted by Crippen LogP contribution is -2.61. The van der Waals surface area contributed by atoms with E-state index in [0.29, 0.717) is 19.3 Å². The number of hydrogen-bond acceptors (Lipinski definition) is 10. The molecule has 1 aliphatic rings. The van der Waals surface area contributed by atoms with Crippen molar-refractivity contribution in [2.75, 3.05) is 13.2 Å². The Morgan fingerprint density at radius 2 is 0.809 bits per heavy atom. The molecule has 8 atom stereocenters. The van der Waals surface area contributed by atoms with E-state index in [-0.39, 0.29) is 19.4 Å². The number of rotatable bonds is 62. The molecule has 0 saturated carbocycles. The number of amides is 1. The number of nitrogens with one attached hydrogen (secondary N) is 1. The number of carbonyl (C=O) groups excluding carboxylic acids is 2. The largest absolute Gasteiger partial charge is 0.454 e. The van der Waals surface area contributed by atoms with Crippen LogP contribution in [0.5, 0.6) is 0 Å². The van der Waals surface area contributed by atoms with Crippen LogP contribution in [-0.2, 0) is 23.8 Å². The summed E-state index contributed by atoms with van der Waals surface area (Å²) in [7, 11) is 0. The van der Waals surface area contributed by atoms with Gasteiger partial charge in [-0.2, -0.15) is 0 Å². The molecule has 1 saturated heterocycles. The number of esters is 1. The summed E-state index contributed by atoms with van der Waals surface area (Å²) in [5, 5.41) is 57.2. The van der Waals surface area contributed by atoms with E-state index in [1.165, 1.54) is 167 Å². The van der Waals surface area contributed by atoms with Gasteiger partial charge in [-0.25, -0.2) is 0 Å². The predicted octanol–water partition coefficient (Wildman–Crippen LogP) is 19.2. The summed E-state index contributed by atoms with van der Waals surface area (Å²) in [6, 6.07) is -1.05. The Bertz CT molecular complexity index is 1870. The van der Waals surface area contributed by atoms with Gasteiger partial charge in [0.1, 0.15) is 24.4 Å². The normalized spacial score (nSPS) is 18.8. The molecule has 0 spiro atoms. The molecule has 8 unspecified atom stereocenters. The summed E-state index contributed by atoms with van der Waals surface area (Å²) in [6.07, 6.45) is 78.5. The summed E-state index contributed by atoms with van der Waals surface area (Å²) >= 11 is 0. The zero-order valence-corrected chi connectivity index (χ0v) is 57.0. The number of allylic oxidation sites excluding steroid dienone is 17. The van der Waals surface area contributed by atoms with Gasteiger partial charge in [-0.3, -0.25) is 9.59 Å². The first-order valence-corrected chi connectivity index (χ1v) is 36.7. The van der Waals surface area contributed by atoms with Crippen LogP contribution in [0.1, 0.15) is 310 Å². The zero-order valence-electron chi connectivity index (χ0n) is 57.0. The van der Waals surface area contributed by atoms with Crippen molar-refractivity contribution in [1.82, 2.24) is 5.32 Å². The van der Waals surface area contributed by atoms with E-state index in [4.69, 9.17) is 14.2 Å². The quantitative estimate of drug-likeness (QED) is 0.0195. The van der Waals surface area contributed by atoms with Gasteiger partial charge in [0.25, 0.3) is 0 Å². The number of carbonyl (C=O) groups is 2. The Hall–Kier alpha value is -3.68. The van der Waals surface area contributed by atoms with E-state index in [9.17, 15) is 35.1 Å². The molecular formula is C78H135NO10. The minimum absolute atomic E-state index is 0.115. The smallest absolute Gasteiger partial charge is 0.306 e. The zero-order chi connectivity index (χ0) is 64.6. The van der Waals surface area contributed by atoms with Gasteiger partial charge in [0.2, 0.25) is 5.91 Å². The van der Waals surface area contributed by atoms with E-state index < -0.39 is 67.4 Å². The molecule has 11 heteroatoms. The van der Waals surface area contributed by atoms with Crippen LogP contribution in [0.2, 0.25) is 0 Å². The van der Waals surface area contributed by atoms with Crippen molar-refractivity contribution in [2.24, 2.45) is 0 Å². The monoisotopic (exact) mass is 1250 g/mol. The minimum atomic E-state index is -1.63. The van der Waals surface area contributed by atoms with Gasteiger partial charge >= 0.3 is 5.97 Å². The highest BCUT2D eigenvalue weighted by atomic mass is 16.7. The van der Waals surface area contributed by atoms with Gasteiger partial charge in [0.15, 0.2) is 12.4 Å². The van der Waals surface area contributed by atoms with Gasteiger partial charge < -0.3 is 45.1 Å². The predicted molar refractivity (Wildman–Crippen MR) is 375 cm³/mol. The van der Waals surface area contributed by atoms with E-state index in [1.807, 2.05) is 12.2 Å². The van der Waals surface area contributed by atoms with Gasteiger partial charge in [-0.15, -0.1) is 0 Å². The van der Waals surface area contributed by atoms with Crippen molar-refractivity contribution in [3.05, 3.63) is 109 Å². The molecule has 89 heavy (non-hydrogen) atoms. The van der Waals surface area contributed by atoms with Crippen LogP contribution >= 0.6 is 0 Å². The van der Waals surface area contributed by atoms with Crippen molar-refractivity contribution < 1.29 is 49.3 Å². The third-order valence-corrected chi connectivity index (χ3v) is 16.7. The van der Waals surface area contributed by atoms with Crippen LogP contribution in [0, 0.1) is 0 Å². The fourth-order valence-electron chi connectivity index (χ4n) is 10.9. The Morgan fingerprint density at radius 3 is 1.24 bits per heavy atom. The molecule has 1 aliphatic heterocycles. The Morgan fingerprint density at radius 1 is 0.449 bits per heavy atom. The Labute approximate surface area is 545 Å². The van der Waals surface area contributed by atoms with Gasteiger partial charge in [0.05, 0.1) is 25.4 Å². The van der Waals surface area contributed by atoms with Gasteiger partial charge in [-0.05, 0) is 109 Å². The van der Waals surface area contributed by atoms with E-state index in [0.717, 1.165) is 89.9 Å². The minimum Gasteiger partial charge on any atom is -0.454 e. The van der Waals surface area contributed by atoms with E-state index in [1.54, 1.807) is 6.08 Å². The molecule has 0 aromatic carbocycles. The summed E-state index contributed by atoms with van der Waals surface area (Å²) in [6.45, 7) is 5.65. The van der Waals surface area contributed by atoms with E-state index in [2.05, 4.69) is 117 Å². The molecule has 0 bridgehead atoms. The van der Waals surface area contributed by atoms with Gasteiger partial charge in [-0.1, -0.05) is 304 Å². The van der Waals surface area contributed by atoms with E-state index >= 15 is 0 Å². The number of hydrogen-bond donors (Lipinski definition) is 6. The molecule has 1 heterocycles. The lowest BCUT2D eigenvalue weighted by Gasteiger charge is -2.41. The maximum atomic E-state index is 13.5. The average molecular weight is 1250 g/mol. The number of ether oxygens (including phenoxy) is 3. The second-order valence-corrected chi connectivity index (χ2v) is 24.9. The van der Waals surface area contributed by atoms with Crippen LogP contribution in [0.15, 0.2) is 109 Å². The molecular weight excluding hydrogens is 1110 g/mol. The molecule has 0 aromatic rings. The van der Waals surface area contributed by atoms with Crippen molar-refractivity contribution in [1.29, 1.82) is 0 Å². The lowest BCUT2D eigenvalue weighted by atomic mass is 9.99. The van der Waals surface area contributed by atoms with Crippen LogP contribution in [0.3, 0.4) is 0 Å². The molecule has 1 amide bonds. The highest BCUT2D eigenvalue weighted by Crippen LogP contribution is 2.26. The van der Waals surface area contributed by atoms with Crippen molar-refractivity contribution in [2.45, 2.75) is 359 Å². The number of aliphatic hydroxyl groups excluding tert-OH is 5. The number of unbranched alkanes of at least 4 members (excludes halogenated alkanes) is 32. The molecule has 0 radical (unpaired) electrons. The topological polar surface area (TPSA) is 175 Å². The molecule has 0 aliphatic carbocycles.